The standard InChI is InChI=1S/C20H18N4O3S/c1-9-12(8-21)19(22)24-17-16-11(7-15(25)23-20(16)28-18(9)17)10-4-5-13(26-2)14(6-10)27-3/h4-6,11H,7H2,1-3H3,(H2,22,24)(H,23,25)/t11-/m1/s1. The van der Waals surface area contributed by atoms with Gasteiger partial charge in [-0.05, 0) is 30.2 Å². The predicted octanol–water partition coefficient (Wildman–Crippen LogP) is 3.55. The van der Waals surface area contributed by atoms with Gasteiger partial charge in [-0.15, -0.1) is 11.3 Å². The molecule has 1 aromatic carbocycles. The van der Waals surface area contributed by atoms with Crippen LogP contribution in [0.15, 0.2) is 18.2 Å². The van der Waals surface area contributed by atoms with Crippen LogP contribution < -0.4 is 20.5 Å². The Kier molecular flexibility index (Phi) is 4.32. The van der Waals surface area contributed by atoms with E-state index >= 15 is 0 Å². The molecule has 0 saturated carbocycles. The van der Waals surface area contributed by atoms with E-state index in [1.807, 2.05) is 25.1 Å². The van der Waals surface area contributed by atoms with Crippen LogP contribution in [0.5, 0.6) is 11.5 Å². The van der Waals surface area contributed by atoms with Gasteiger partial charge in [-0.1, -0.05) is 6.07 Å². The summed E-state index contributed by atoms with van der Waals surface area (Å²) in [6.07, 6.45) is 0.287. The summed E-state index contributed by atoms with van der Waals surface area (Å²) in [5.74, 6) is 1.17. The molecule has 2 aromatic heterocycles. The third kappa shape index (κ3) is 2.63. The third-order valence-electron chi connectivity index (χ3n) is 5.04. The van der Waals surface area contributed by atoms with E-state index in [1.165, 1.54) is 11.3 Å². The van der Waals surface area contributed by atoms with E-state index < -0.39 is 0 Å². The summed E-state index contributed by atoms with van der Waals surface area (Å²) in [6, 6.07) is 7.76. The lowest BCUT2D eigenvalue weighted by molar-refractivity contribution is -0.116. The van der Waals surface area contributed by atoms with E-state index in [1.54, 1.807) is 14.2 Å². The van der Waals surface area contributed by atoms with Gasteiger partial charge in [0, 0.05) is 17.9 Å². The lowest BCUT2D eigenvalue weighted by Crippen LogP contribution is -2.22. The van der Waals surface area contributed by atoms with Crippen LogP contribution in [0.2, 0.25) is 0 Å². The van der Waals surface area contributed by atoms with E-state index in [0.717, 1.165) is 31.9 Å². The van der Waals surface area contributed by atoms with Gasteiger partial charge >= 0.3 is 0 Å². The number of nitrogens with two attached hydrogens (primary N) is 1. The highest BCUT2D eigenvalue weighted by Gasteiger charge is 2.32. The van der Waals surface area contributed by atoms with Gasteiger partial charge in [0.2, 0.25) is 5.91 Å². The van der Waals surface area contributed by atoms with Crippen LogP contribution in [-0.2, 0) is 4.79 Å². The predicted molar refractivity (Wildman–Crippen MR) is 108 cm³/mol. The smallest absolute Gasteiger partial charge is 0.225 e. The molecule has 0 radical (unpaired) electrons. The van der Waals surface area contributed by atoms with Gasteiger partial charge in [-0.3, -0.25) is 4.79 Å². The van der Waals surface area contributed by atoms with Gasteiger partial charge in [-0.25, -0.2) is 4.98 Å². The Hall–Kier alpha value is -3.31. The Morgan fingerprint density at radius 2 is 2.07 bits per heavy atom. The number of hydrogen-bond donors (Lipinski definition) is 2. The highest BCUT2D eigenvalue weighted by molar-refractivity contribution is 7.23. The summed E-state index contributed by atoms with van der Waals surface area (Å²) in [6.45, 7) is 1.86. The Morgan fingerprint density at radius 1 is 1.32 bits per heavy atom. The monoisotopic (exact) mass is 394 g/mol. The second kappa shape index (κ2) is 6.69. The average molecular weight is 394 g/mol. The fraction of sp³-hybridized carbons (Fsp3) is 0.250. The van der Waals surface area contributed by atoms with Crippen molar-refractivity contribution in [3.05, 3.63) is 40.5 Å². The number of nitrogens with one attached hydrogen (secondary N) is 1. The fourth-order valence-corrected chi connectivity index (χ4v) is 4.88. The molecule has 0 unspecified atom stereocenters. The number of nitrogen functional groups attached to an aromatic ring is 1. The topological polar surface area (TPSA) is 110 Å². The van der Waals surface area contributed by atoms with Gasteiger partial charge in [-0.2, -0.15) is 5.26 Å². The number of ether oxygens (including phenoxy) is 2. The van der Waals surface area contributed by atoms with Crippen molar-refractivity contribution in [2.24, 2.45) is 0 Å². The number of carbonyl (C=O) groups excluding carboxylic acids is 1. The summed E-state index contributed by atoms with van der Waals surface area (Å²) < 4.78 is 11.6. The molecule has 1 aliphatic heterocycles. The number of fused-ring (bicyclic) bond motifs is 3. The summed E-state index contributed by atoms with van der Waals surface area (Å²) in [5.41, 5.74) is 9.77. The van der Waals surface area contributed by atoms with Crippen LogP contribution >= 0.6 is 11.3 Å². The largest absolute Gasteiger partial charge is 0.493 e. The Balaban J connectivity index is 1.96. The number of anilines is 2. The maximum absolute atomic E-state index is 12.4. The fourth-order valence-electron chi connectivity index (χ4n) is 3.66. The maximum Gasteiger partial charge on any atom is 0.225 e. The molecule has 28 heavy (non-hydrogen) atoms. The van der Waals surface area contributed by atoms with Gasteiger partial charge in [0.25, 0.3) is 0 Å². The van der Waals surface area contributed by atoms with Crippen molar-refractivity contribution in [2.45, 2.75) is 19.3 Å². The first-order valence-corrected chi connectivity index (χ1v) is 9.44. The average Bonchev–Trinajstić information content (AvgIpc) is 3.05. The number of pyridine rings is 1. The minimum absolute atomic E-state index is 0.0648. The molecule has 7 nitrogen and oxygen atoms in total. The lowest BCUT2D eigenvalue weighted by Gasteiger charge is -2.24. The van der Waals surface area contributed by atoms with Crippen LogP contribution in [0, 0.1) is 18.3 Å². The number of benzene rings is 1. The van der Waals surface area contributed by atoms with Crippen LogP contribution in [0.1, 0.15) is 34.6 Å². The zero-order chi connectivity index (χ0) is 20.0. The normalized spacial score (nSPS) is 15.6. The number of rotatable bonds is 3. The number of nitrogens with zero attached hydrogens (tertiary/aromatic N) is 2. The van der Waals surface area contributed by atoms with Crippen LogP contribution in [0.4, 0.5) is 10.8 Å². The molecule has 4 rings (SSSR count). The first-order valence-electron chi connectivity index (χ1n) is 8.62. The number of aromatic nitrogens is 1. The zero-order valence-electron chi connectivity index (χ0n) is 15.6. The quantitative estimate of drug-likeness (QED) is 0.703. The lowest BCUT2D eigenvalue weighted by atomic mass is 9.86. The van der Waals surface area contributed by atoms with Crippen LogP contribution in [0.3, 0.4) is 0 Å². The Bertz CT molecular complexity index is 1160. The van der Waals surface area contributed by atoms with Crippen molar-refractivity contribution < 1.29 is 14.3 Å². The zero-order valence-corrected chi connectivity index (χ0v) is 16.4. The van der Waals surface area contributed by atoms with Crippen molar-refractivity contribution >= 4 is 38.3 Å². The molecule has 0 spiro atoms. The van der Waals surface area contributed by atoms with Crippen LogP contribution in [0.25, 0.3) is 10.2 Å². The van der Waals surface area contributed by atoms with Crippen molar-refractivity contribution in [1.82, 2.24) is 4.98 Å². The second-order valence-electron chi connectivity index (χ2n) is 6.55. The summed E-state index contributed by atoms with van der Waals surface area (Å²) in [7, 11) is 3.16. The molecular weight excluding hydrogens is 376 g/mol. The highest BCUT2D eigenvalue weighted by atomic mass is 32.1. The molecule has 3 aromatic rings. The van der Waals surface area contributed by atoms with E-state index in [0.29, 0.717) is 17.1 Å². The van der Waals surface area contributed by atoms with Crippen molar-refractivity contribution in [3.8, 4) is 17.6 Å². The van der Waals surface area contributed by atoms with E-state index in [-0.39, 0.29) is 24.1 Å². The van der Waals surface area contributed by atoms with Crippen molar-refractivity contribution in [1.29, 1.82) is 5.26 Å². The first-order chi connectivity index (χ1) is 13.5. The Labute approximate surface area is 165 Å². The Morgan fingerprint density at radius 3 is 2.75 bits per heavy atom. The molecule has 1 atom stereocenters. The minimum atomic E-state index is -0.198. The number of hydrogen-bond acceptors (Lipinski definition) is 7. The van der Waals surface area contributed by atoms with Gasteiger partial charge in [0.15, 0.2) is 11.5 Å². The summed E-state index contributed by atoms with van der Waals surface area (Å²) in [4.78, 5) is 16.9. The van der Waals surface area contributed by atoms with E-state index in [2.05, 4.69) is 16.4 Å². The summed E-state index contributed by atoms with van der Waals surface area (Å²) in [5, 5.41) is 13.1. The molecule has 1 amide bonds. The molecule has 8 heteroatoms. The second-order valence-corrected chi connectivity index (χ2v) is 7.57. The van der Waals surface area contributed by atoms with Crippen molar-refractivity contribution in [2.75, 3.05) is 25.3 Å². The molecule has 3 N–H and O–H groups in total. The molecule has 0 saturated heterocycles. The minimum Gasteiger partial charge on any atom is -0.493 e. The molecule has 0 aliphatic carbocycles. The van der Waals surface area contributed by atoms with E-state index in [9.17, 15) is 10.1 Å². The maximum atomic E-state index is 12.4. The highest BCUT2D eigenvalue weighted by Crippen LogP contribution is 2.48. The van der Waals surface area contributed by atoms with Gasteiger partial charge in [0.05, 0.1) is 30.0 Å². The number of amides is 1. The molecular formula is C20H18N4O3S. The summed E-state index contributed by atoms with van der Waals surface area (Å²) >= 11 is 1.43. The molecule has 0 fully saturated rings. The number of thiophene rings is 1. The first kappa shape index (κ1) is 18.1. The molecule has 3 heterocycles. The number of carbonyl (C=O) groups is 1. The van der Waals surface area contributed by atoms with E-state index in [4.69, 9.17) is 15.2 Å². The third-order valence-corrected chi connectivity index (χ3v) is 6.27. The van der Waals surface area contributed by atoms with Gasteiger partial charge < -0.3 is 20.5 Å². The van der Waals surface area contributed by atoms with Crippen LogP contribution in [-0.4, -0.2) is 25.1 Å². The number of aryl methyl sites for hydroxylation is 1. The van der Waals surface area contributed by atoms with Gasteiger partial charge in [0.1, 0.15) is 16.9 Å². The molecule has 142 valence electrons. The molecule has 0 bridgehead atoms. The number of methoxy groups -OCH3 is 2. The molecule has 1 aliphatic rings. The number of nitriles is 1. The van der Waals surface area contributed by atoms with Crippen molar-refractivity contribution in [3.63, 3.8) is 0 Å². The SMILES string of the molecule is COc1ccc([C@H]2CC(=O)Nc3sc4c(C)c(C#N)c(N)nc4c32)cc1OC.